The number of carboxylic acid groups (broad SMARTS) is 1. The highest BCUT2D eigenvalue weighted by Crippen LogP contribution is 2.29. The molecule has 0 aromatic heterocycles. The van der Waals surface area contributed by atoms with Gasteiger partial charge in [-0.2, -0.15) is 0 Å². The molecule has 0 bridgehead atoms. The van der Waals surface area contributed by atoms with Gasteiger partial charge in [-0.05, 0) is 30.9 Å². The molecule has 0 radical (unpaired) electrons. The van der Waals surface area contributed by atoms with Crippen LogP contribution in [-0.2, 0) is 4.79 Å². The maximum absolute atomic E-state index is 11.2. The van der Waals surface area contributed by atoms with Gasteiger partial charge in [-0.3, -0.25) is 9.69 Å². The topological polar surface area (TPSA) is 43.8 Å². The summed E-state index contributed by atoms with van der Waals surface area (Å²) in [6.45, 7) is 5.87. The Morgan fingerprint density at radius 3 is 2.38 bits per heavy atom. The molecule has 1 N–H and O–H groups in total. The number of nitrogens with zero attached hydrogens (tertiary/aromatic N) is 2. The number of aliphatic carboxylic acids is 1. The van der Waals surface area contributed by atoms with Crippen LogP contribution in [0.2, 0.25) is 0 Å². The SMILES string of the molecule is CC1CN(C2CCN(c3ccccc3)CC2)CC1C(=O)O. The van der Waals surface area contributed by atoms with E-state index in [9.17, 15) is 9.90 Å². The normalized spacial score (nSPS) is 28.0. The lowest BCUT2D eigenvalue weighted by Gasteiger charge is -2.38. The van der Waals surface area contributed by atoms with Crippen molar-refractivity contribution in [3.05, 3.63) is 30.3 Å². The lowest BCUT2D eigenvalue weighted by molar-refractivity contribution is -0.142. The third-order valence-electron chi connectivity index (χ3n) is 5.06. The van der Waals surface area contributed by atoms with Gasteiger partial charge in [0.1, 0.15) is 0 Å². The third kappa shape index (κ3) is 3.05. The van der Waals surface area contributed by atoms with E-state index in [-0.39, 0.29) is 11.8 Å². The van der Waals surface area contributed by atoms with Crippen LogP contribution in [0, 0.1) is 11.8 Å². The molecule has 1 aromatic rings. The number of hydrogen-bond acceptors (Lipinski definition) is 3. The van der Waals surface area contributed by atoms with Crippen molar-refractivity contribution in [1.82, 2.24) is 4.90 Å². The Bertz CT molecular complexity index is 483. The van der Waals surface area contributed by atoms with E-state index in [0.29, 0.717) is 6.04 Å². The maximum atomic E-state index is 11.2. The molecule has 1 aromatic carbocycles. The molecule has 2 unspecified atom stereocenters. The molecular formula is C17H24N2O2. The summed E-state index contributed by atoms with van der Waals surface area (Å²) in [7, 11) is 0. The minimum Gasteiger partial charge on any atom is -0.481 e. The first kappa shape index (κ1) is 14.4. The molecule has 4 nitrogen and oxygen atoms in total. The van der Waals surface area contributed by atoms with Gasteiger partial charge in [-0.25, -0.2) is 0 Å². The fraction of sp³-hybridized carbons (Fsp3) is 0.588. The molecule has 2 fully saturated rings. The fourth-order valence-electron chi connectivity index (χ4n) is 3.75. The van der Waals surface area contributed by atoms with E-state index in [1.54, 1.807) is 0 Å². The van der Waals surface area contributed by atoms with E-state index in [1.807, 2.05) is 6.07 Å². The molecule has 0 spiro atoms. The molecule has 4 heteroatoms. The summed E-state index contributed by atoms with van der Waals surface area (Å²) in [6.07, 6.45) is 2.27. The van der Waals surface area contributed by atoms with Crippen molar-refractivity contribution in [3.63, 3.8) is 0 Å². The largest absolute Gasteiger partial charge is 0.481 e. The molecule has 0 saturated carbocycles. The molecule has 2 aliphatic rings. The van der Waals surface area contributed by atoms with Crippen molar-refractivity contribution >= 4 is 11.7 Å². The number of hydrogen-bond donors (Lipinski definition) is 1. The number of carboxylic acids is 1. The molecule has 2 atom stereocenters. The van der Waals surface area contributed by atoms with Gasteiger partial charge in [0.25, 0.3) is 0 Å². The van der Waals surface area contributed by atoms with E-state index in [0.717, 1.165) is 39.0 Å². The van der Waals surface area contributed by atoms with E-state index in [1.165, 1.54) is 5.69 Å². The summed E-state index contributed by atoms with van der Waals surface area (Å²) in [5, 5.41) is 9.26. The van der Waals surface area contributed by atoms with Gasteiger partial charge in [-0.1, -0.05) is 25.1 Å². The summed E-state index contributed by atoms with van der Waals surface area (Å²) in [6, 6.07) is 11.1. The maximum Gasteiger partial charge on any atom is 0.308 e. The van der Waals surface area contributed by atoms with Crippen molar-refractivity contribution in [2.75, 3.05) is 31.1 Å². The molecule has 2 saturated heterocycles. The van der Waals surface area contributed by atoms with Gasteiger partial charge >= 0.3 is 5.97 Å². The lowest BCUT2D eigenvalue weighted by atomic mass is 9.99. The van der Waals surface area contributed by atoms with E-state index >= 15 is 0 Å². The van der Waals surface area contributed by atoms with Gasteiger partial charge in [0.15, 0.2) is 0 Å². The van der Waals surface area contributed by atoms with Crippen LogP contribution < -0.4 is 4.90 Å². The Kier molecular flexibility index (Phi) is 4.15. The van der Waals surface area contributed by atoms with Crippen LogP contribution >= 0.6 is 0 Å². The van der Waals surface area contributed by atoms with Crippen LogP contribution in [0.15, 0.2) is 30.3 Å². The minimum atomic E-state index is -0.633. The smallest absolute Gasteiger partial charge is 0.308 e. The van der Waals surface area contributed by atoms with Crippen molar-refractivity contribution in [2.45, 2.75) is 25.8 Å². The molecule has 0 aliphatic carbocycles. The highest BCUT2D eigenvalue weighted by molar-refractivity contribution is 5.71. The number of para-hydroxylation sites is 1. The zero-order chi connectivity index (χ0) is 14.8. The highest BCUT2D eigenvalue weighted by Gasteiger charge is 2.38. The minimum absolute atomic E-state index is 0.183. The Hall–Kier alpha value is -1.55. The summed E-state index contributed by atoms with van der Waals surface area (Å²) >= 11 is 0. The fourth-order valence-corrected chi connectivity index (χ4v) is 3.75. The molecule has 0 amide bonds. The second kappa shape index (κ2) is 6.06. The number of piperidine rings is 1. The molecule has 3 rings (SSSR count). The number of rotatable bonds is 3. The molecule has 2 heterocycles. The molecular weight excluding hydrogens is 264 g/mol. The standard InChI is InChI=1S/C17H24N2O2/c1-13-11-19(12-16(13)17(20)21)15-7-9-18(10-8-15)14-5-3-2-4-6-14/h2-6,13,15-16H,7-12H2,1H3,(H,20,21). The molecule has 114 valence electrons. The van der Waals surface area contributed by atoms with Crippen LogP contribution in [0.4, 0.5) is 5.69 Å². The summed E-state index contributed by atoms with van der Waals surface area (Å²) in [4.78, 5) is 16.1. The van der Waals surface area contributed by atoms with Crippen molar-refractivity contribution in [2.24, 2.45) is 11.8 Å². The average Bonchev–Trinajstić information content (AvgIpc) is 2.90. The van der Waals surface area contributed by atoms with Crippen LogP contribution in [0.3, 0.4) is 0 Å². The predicted octanol–water partition coefficient (Wildman–Crippen LogP) is 2.31. The van der Waals surface area contributed by atoms with Crippen LogP contribution in [-0.4, -0.2) is 48.2 Å². The predicted molar refractivity (Wildman–Crippen MR) is 83.5 cm³/mol. The highest BCUT2D eigenvalue weighted by atomic mass is 16.4. The first-order valence-corrected chi connectivity index (χ1v) is 7.92. The Morgan fingerprint density at radius 1 is 1.14 bits per heavy atom. The number of likely N-dealkylation sites (tertiary alicyclic amines) is 1. The van der Waals surface area contributed by atoms with Crippen molar-refractivity contribution in [3.8, 4) is 0 Å². The van der Waals surface area contributed by atoms with Gasteiger partial charge in [0.2, 0.25) is 0 Å². The van der Waals surface area contributed by atoms with Crippen LogP contribution in [0.5, 0.6) is 0 Å². The quantitative estimate of drug-likeness (QED) is 0.927. The van der Waals surface area contributed by atoms with E-state index in [4.69, 9.17) is 0 Å². The first-order chi connectivity index (χ1) is 10.1. The lowest BCUT2D eigenvalue weighted by Crippen LogP contribution is -2.44. The van der Waals surface area contributed by atoms with Crippen molar-refractivity contribution in [1.29, 1.82) is 0 Å². The van der Waals surface area contributed by atoms with Gasteiger partial charge < -0.3 is 10.0 Å². The second-order valence-electron chi connectivity index (χ2n) is 6.43. The molecule has 2 aliphatic heterocycles. The molecule has 21 heavy (non-hydrogen) atoms. The van der Waals surface area contributed by atoms with Gasteiger partial charge in [-0.15, -0.1) is 0 Å². The number of anilines is 1. The van der Waals surface area contributed by atoms with Gasteiger partial charge in [0, 0.05) is 37.9 Å². The number of benzene rings is 1. The average molecular weight is 288 g/mol. The summed E-state index contributed by atoms with van der Waals surface area (Å²) in [5.74, 6) is -0.543. The second-order valence-corrected chi connectivity index (χ2v) is 6.43. The summed E-state index contributed by atoms with van der Waals surface area (Å²) in [5.41, 5.74) is 1.30. The Balaban J connectivity index is 1.56. The van der Waals surface area contributed by atoms with Crippen molar-refractivity contribution < 1.29 is 9.90 Å². The van der Waals surface area contributed by atoms with E-state index in [2.05, 4.69) is 41.0 Å². The van der Waals surface area contributed by atoms with Crippen LogP contribution in [0.25, 0.3) is 0 Å². The number of carbonyl (C=O) groups is 1. The Morgan fingerprint density at radius 2 is 1.81 bits per heavy atom. The zero-order valence-electron chi connectivity index (χ0n) is 12.6. The summed E-state index contributed by atoms with van der Waals surface area (Å²) < 4.78 is 0. The van der Waals surface area contributed by atoms with Crippen LogP contribution in [0.1, 0.15) is 19.8 Å². The van der Waals surface area contributed by atoms with E-state index < -0.39 is 5.97 Å². The monoisotopic (exact) mass is 288 g/mol. The van der Waals surface area contributed by atoms with Gasteiger partial charge in [0.05, 0.1) is 5.92 Å². The Labute approximate surface area is 126 Å². The first-order valence-electron chi connectivity index (χ1n) is 7.92. The third-order valence-corrected chi connectivity index (χ3v) is 5.06. The zero-order valence-corrected chi connectivity index (χ0v) is 12.6.